The zero-order chi connectivity index (χ0) is 27.7. The smallest absolute Gasteiger partial charge is 0.404 e. The molecule has 0 aliphatic carbocycles. The average molecular weight is 561 g/mol. The van der Waals surface area contributed by atoms with Gasteiger partial charge in [0.25, 0.3) is 0 Å². The van der Waals surface area contributed by atoms with Gasteiger partial charge in [0.2, 0.25) is 10.0 Å². The molecule has 12 heteroatoms. The number of hydrogen-bond donors (Lipinski definition) is 3. The lowest BCUT2D eigenvalue weighted by molar-refractivity contribution is 0.0524. The van der Waals surface area contributed by atoms with Gasteiger partial charge >= 0.3 is 6.09 Å². The molecule has 3 N–H and O–H groups in total. The van der Waals surface area contributed by atoms with Crippen molar-refractivity contribution >= 4 is 27.5 Å². The highest BCUT2D eigenvalue weighted by Crippen LogP contribution is 2.27. The molecule has 0 radical (unpaired) electrons. The van der Waals surface area contributed by atoms with Crippen molar-refractivity contribution in [2.45, 2.75) is 56.3 Å². The van der Waals surface area contributed by atoms with Gasteiger partial charge in [-0.2, -0.15) is 9.21 Å². The van der Waals surface area contributed by atoms with E-state index in [0.29, 0.717) is 5.56 Å². The molecule has 2 aromatic carbocycles. The Labute approximate surface area is 226 Å². The number of benzene rings is 2. The Bertz CT molecular complexity index is 1270. The fourth-order valence-electron chi connectivity index (χ4n) is 4.24. The number of rotatable bonds is 14. The van der Waals surface area contributed by atoms with E-state index >= 15 is 0 Å². The Kier molecular flexibility index (Phi) is 10.5. The molecule has 3 rings (SSSR count). The van der Waals surface area contributed by atoms with Gasteiger partial charge < -0.3 is 15.5 Å². The molecule has 0 aliphatic rings. The van der Waals surface area contributed by atoms with E-state index in [1.165, 1.54) is 39.9 Å². The van der Waals surface area contributed by atoms with Crippen molar-refractivity contribution in [1.29, 1.82) is 0 Å². The molecule has 0 saturated heterocycles. The number of carbonyl (C=O) groups is 1. The van der Waals surface area contributed by atoms with Gasteiger partial charge in [-0.25, -0.2) is 13.2 Å². The Morgan fingerprint density at radius 3 is 2.32 bits per heavy atom. The highest BCUT2D eigenvalue weighted by atomic mass is 32.2. The summed E-state index contributed by atoms with van der Waals surface area (Å²) in [6.07, 6.45) is -0.795. The highest BCUT2D eigenvalue weighted by molar-refractivity contribution is 7.89. The lowest BCUT2D eigenvalue weighted by Gasteiger charge is -2.38. The van der Waals surface area contributed by atoms with Crippen LogP contribution in [0.4, 0.5) is 4.79 Å². The fraction of sp³-hybridized carbons (Fsp3) is 0.385. The molecule has 10 nitrogen and oxygen atoms in total. The van der Waals surface area contributed by atoms with E-state index in [0.717, 1.165) is 10.4 Å². The second-order valence-corrected chi connectivity index (χ2v) is 12.2. The summed E-state index contributed by atoms with van der Waals surface area (Å²) in [5, 5.41) is 26.5. The quantitative estimate of drug-likeness (QED) is 0.253. The van der Waals surface area contributed by atoms with E-state index in [2.05, 4.69) is 15.5 Å². The minimum atomic E-state index is -4.14. The minimum Gasteiger partial charge on any atom is -0.465 e. The Hall–Kier alpha value is -3.19. The van der Waals surface area contributed by atoms with Crippen LogP contribution in [0.3, 0.4) is 0 Å². The van der Waals surface area contributed by atoms with Crippen LogP contribution in [0.2, 0.25) is 0 Å². The van der Waals surface area contributed by atoms with Gasteiger partial charge in [-0.3, -0.25) is 4.98 Å². The van der Waals surface area contributed by atoms with Crippen LogP contribution in [0.1, 0.15) is 29.9 Å². The third kappa shape index (κ3) is 7.90. The zero-order valence-electron chi connectivity index (χ0n) is 21.2. The lowest BCUT2D eigenvalue weighted by Crippen LogP contribution is -2.57. The predicted molar refractivity (Wildman–Crippen MR) is 145 cm³/mol. The molecule has 0 aliphatic heterocycles. The molecule has 1 amide bonds. The normalized spacial score (nSPS) is 14.2. The summed E-state index contributed by atoms with van der Waals surface area (Å²) >= 11 is 1.33. The van der Waals surface area contributed by atoms with Crippen molar-refractivity contribution in [3.63, 3.8) is 0 Å². The van der Waals surface area contributed by atoms with E-state index in [9.17, 15) is 28.3 Å². The third-order valence-corrected chi connectivity index (χ3v) is 8.71. The zero-order valence-corrected chi connectivity index (χ0v) is 22.8. The Balaban J connectivity index is 2.06. The SMILES string of the molecule is CC(C)CN(C(Cc1cncs1)[C@@H](O)[C@H](Cc1ccccc1)NC(=O)O)S(=O)(=O)c1ccc(CN=O)cc1. The van der Waals surface area contributed by atoms with Gasteiger partial charge in [-0.05, 0) is 35.6 Å². The highest BCUT2D eigenvalue weighted by Gasteiger charge is 2.40. The molecule has 0 spiro atoms. The third-order valence-electron chi connectivity index (χ3n) is 6.00. The summed E-state index contributed by atoms with van der Waals surface area (Å²) in [5.74, 6) is -0.0977. The number of aliphatic hydroxyl groups excluding tert-OH is 1. The first-order valence-electron chi connectivity index (χ1n) is 12.1. The molecule has 3 aromatic rings. The van der Waals surface area contributed by atoms with Gasteiger partial charge in [0, 0.05) is 24.0 Å². The van der Waals surface area contributed by atoms with Gasteiger partial charge in [0.15, 0.2) is 0 Å². The monoisotopic (exact) mass is 560 g/mol. The van der Waals surface area contributed by atoms with Crippen LogP contribution in [-0.4, -0.2) is 58.7 Å². The van der Waals surface area contributed by atoms with Crippen LogP contribution in [0.25, 0.3) is 0 Å². The molecule has 38 heavy (non-hydrogen) atoms. The van der Waals surface area contributed by atoms with Crippen LogP contribution in [0, 0.1) is 10.8 Å². The van der Waals surface area contributed by atoms with Gasteiger partial charge in [-0.15, -0.1) is 11.3 Å². The van der Waals surface area contributed by atoms with Gasteiger partial charge in [-0.1, -0.05) is 61.5 Å². The maximum absolute atomic E-state index is 14.0. The van der Waals surface area contributed by atoms with Crippen molar-refractivity contribution in [3.05, 3.63) is 87.2 Å². The molecular formula is C26H32N4O6S2. The predicted octanol–water partition coefficient (Wildman–Crippen LogP) is 3.91. The van der Waals surface area contributed by atoms with Crippen LogP contribution in [-0.2, 0) is 29.4 Å². The molecule has 204 valence electrons. The number of hydrogen-bond acceptors (Lipinski definition) is 8. The van der Waals surface area contributed by atoms with E-state index in [-0.39, 0.29) is 36.7 Å². The van der Waals surface area contributed by atoms with Gasteiger partial charge in [0.1, 0.15) is 6.54 Å². The summed E-state index contributed by atoms with van der Waals surface area (Å²) < 4.78 is 29.3. The molecule has 1 aromatic heterocycles. The summed E-state index contributed by atoms with van der Waals surface area (Å²) in [4.78, 5) is 27.2. The standard InChI is InChI=1S/C26H32N4O6S2/c1-18(2)16-30(38(35,36)22-10-8-20(9-11-22)14-28-34)24(13-21-15-27-17-37-21)25(31)23(29-26(32)33)12-19-6-4-3-5-7-19/h3-11,15,17-18,23-25,29,31H,12-14,16H2,1-2H3,(H,32,33)/t23-,24?,25-/m0/s1. The molecule has 0 bridgehead atoms. The van der Waals surface area contributed by atoms with E-state index in [1.54, 1.807) is 11.7 Å². The van der Waals surface area contributed by atoms with Crippen LogP contribution < -0.4 is 5.32 Å². The van der Waals surface area contributed by atoms with E-state index < -0.39 is 34.3 Å². The molecular weight excluding hydrogens is 528 g/mol. The first-order valence-corrected chi connectivity index (χ1v) is 14.4. The number of nitrogens with one attached hydrogen (secondary N) is 1. The number of nitrogens with zero attached hydrogens (tertiary/aromatic N) is 3. The summed E-state index contributed by atoms with van der Waals surface area (Å²) in [6, 6.07) is 13.0. The lowest BCUT2D eigenvalue weighted by atomic mass is 9.94. The number of carboxylic acid groups (broad SMARTS) is 1. The van der Waals surface area contributed by atoms with Crippen molar-refractivity contribution < 1.29 is 23.4 Å². The van der Waals surface area contributed by atoms with Crippen molar-refractivity contribution in [2.75, 3.05) is 6.54 Å². The number of aliphatic hydroxyl groups is 1. The minimum absolute atomic E-state index is 0.0000988. The van der Waals surface area contributed by atoms with E-state index in [4.69, 9.17) is 0 Å². The summed E-state index contributed by atoms with van der Waals surface area (Å²) in [6.45, 7) is 3.75. The average Bonchev–Trinajstić information content (AvgIpc) is 3.39. The molecule has 1 unspecified atom stereocenters. The Morgan fingerprint density at radius 1 is 1.08 bits per heavy atom. The van der Waals surface area contributed by atoms with Crippen molar-refractivity contribution in [2.24, 2.45) is 11.1 Å². The first-order chi connectivity index (χ1) is 18.1. The largest absolute Gasteiger partial charge is 0.465 e. The molecule has 3 atom stereocenters. The molecule has 0 saturated carbocycles. The van der Waals surface area contributed by atoms with Crippen molar-refractivity contribution in [1.82, 2.24) is 14.6 Å². The van der Waals surface area contributed by atoms with Crippen LogP contribution in [0.5, 0.6) is 0 Å². The second kappa shape index (κ2) is 13.6. The van der Waals surface area contributed by atoms with Crippen molar-refractivity contribution in [3.8, 4) is 0 Å². The number of nitroso groups, excluding NO2 is 1. The number of aromatic nitrogens is 1. The topological polar surface area (TPSA) is 149 Å². The van der Waals surface area contributed by atoms with Gasteiger partial charge in [0.05, 0.1) is 28.6 Å². The molecule has 1 heterocycles. The molecule has 0 fully saturated rings. The second-order valence-electron chi connectivity index (χ2n) is 9.38. The first kappa shape index (κ1) is 29.4. The Morgan fingerprint density at radius 2 is 1.76 bits per heavy atom. The summed E-state index contributed by atoms with van der Waals surface area (Å²) in [5.41, 5.74) is 2.99. The number of sulfonamides is 1. The fourth-order valence-corrected chi connectivity index (χ4v) is 6.69. The summed E-state index contributed by atoms with van der Waals surface area (Å²) in [7, 11) is -4.14. The number of amides is 1. The maximum Gasteiger partial charge on any atom is 0.404 e. The van der Waals surface area contributed by atoms with Crippen LogP contribution in [0.15, 0.2) is 76.4 Å². The van der Waals surface area contributed by atoms with Crippen LogP contribution >= 0.6 is 11.3 Å². The van der Waals surface area contributed by atoms with E-state index in [1.807, 2.05) is 44.2 Å². The maximum atomic E-state index is 14.0. The number of thiazole rings is 1.